The molecule has 0 saturated carbocycles. The second-order valence-corrected chi connectivity index (χ2v) is 6.75. The van der Waals surface area contributed by atoms with Gasteiger partial charge in [0.15, 0.2) is 0 Å². The van der Waals surface area contributed by atoms with Gasteiger partial charge in [-0.3, -0.25) is 4.90 Å². The fourth-order valence-electron chi connectivity index (χ4n) is 2.85. The molecule has 2 heterocycles. The second-order valence-electron chi connectivity index (χ2n) is 6.00. The van der Waals surface area contributed by atoms with Crippen molar-refractivity contribution in [3.8, 4) is 6.07 Å². The molecular weight excluding hydrogens is 364 g/mol. The van der Waals surface area contributed by atoms with Crippen LogP contribution in [0.5, 0.6) is 0 Å². The molecule has 1 aliphatic rings. The lowest BCUT2D eigenvalue weighted by atomic mass is 10.1. The third-order valence-corrected chi connectivity index (χ3v) is 5.06. The summed E-state index contributed by atoms with van der Waals surface area (Å²) in [7, 11) is 0. The number of hydrogen-bond donors (Lipinski definition) is 0. The minimum absolute atomic E-state index is 0.489. The van der Waals surface area contributed by atoms with Crippen molar-refractivity contribution in [2.45, 2.75) is 20.4 Å². The maximum absolute atomic E-state index is 9.11. The monoisotopic (exact) mass is 386 g/mol. The molecule has 0 aromatic carbocycles. The maximum Gasteiger partial charge on any atom is 0.109 e. The van der Waals surface area contributed by atoms with Crippen molar-refractivity contribution in [2.75, 3.05) is 26.2 Å². The van der Waals surface area contributed by atoms with Gasteiger partial charge in [-0.1, -0.05) is 25.3 Å². The van der Waals surface area contributed by atoms with Crippen LogP contribution < -0.4 is 0 Å². The zero-order chi connectivity index (χ0) is 17.7. The Labute approximate surface area is 152 Å². The zero-order valence-electron chi connectivity index (χ0n) is 14.3. The molecule has 0 bridgehead atoms. The summed E-state index contributed by atoms with van der Waals surface area (Å²) in [6.07, 6.45) is 3.57. The highest BCUT2D eigenvalue weighted by molar-refractivity contribution is 9.10. The Morgan fingerprint density at radius 2 is 2.00 bits per heavy atom. The lowest BCUT2D eigenvalue weighted by molar-refractivity contribution is 0.153. The summed E-state index contributed by atoms with van der Waals surface area (Å²) in [4.78, 5) is 9.27. The van der Waals surface area contributed by atoms with Gasteiger partial charge in [-0.2, -0.15) is 5.26 Å². The maximum atomic E-state index is 9.11. The van der Waals surface area contributed by atoms with E-state index in [0.29, 0.717) is 5.57 Å². The number of aryl methyl sites for hydroxylation is 2. The van der Waals surface area contributed by atoms with Crippen LogP contribution in [0, 0.1) is 25.2 Å². The van der Waals surface area contributed by atoms with E-state index in [1.807, 2.05) is 6.08 Å². The summed E-state index contributed by atoms with van der Waals surface area (Å²) in [5, 5.41) is 9.11. The third-order valence-electron chi connectivity index (χ3n) is 4.25. The van der Waals surface area contributed by atoms with E-state index in [1.165, 1.54) is 5.56 Å². The van der Waals surface area contributed by atoms with Gasteiger partial charge in [0, 0.05) is 32.7 Å². The van der Waals surface area contributed by atoms with E-state index in [9.17, 15) is 0 Å². The summed E-state index contributed by atoms with van der Waals surface area (Å²) in [6, 6.07) is 4.31. The highest BCUT2D eigenvalue weighted by atomic mass is 79.9. The minimum Gasteiger partial charge on any atom is -0.368 e. The first-order valence-corrected chi connectivity index (χ1v) is 8.77. The highest BCUT2D eigenvalue weighted by Crippen LogP contribution is 2.20. The Morgan fingerprint density at radius 3 is 2.58 bits per heavy atom. The van der Waals surface area contributed by atoms with Gasteiger partial charge in [0.05, 0.1) is 17.0 Å². The van der Waals surface area contributed by atoms with Crippen LogP contribution in [-0.2, 0) is 6.54 Å². The van der Waals surface area contributed by atoms with Crippen LogP contribution in [0.1, 0.15) is 16.8 Å². The molecule has 1 saturated heterocycles. The summed E-state index contributed by atoms with van der Waals surface area (Å²) in [5.74, 6) is 0. The molecule has 0 amide bonds. The molecule has 5 heteroatoms. The van der Waals surface area contributed by atoms with Crippen LogP contribution in [0.2, 0.25) is 0 Å². The molecule has 0 radical (unpaired) electrons. The Balaban J connectivity index is 2.02. The van der Waals surface area contributed by atoms with E-state index in [1.54, 1.807) is 6.08 Å². The van der Waals surface area contributed by atoms with Crippen LogP contribution >= 0.6 is 15.9 Å². The number of rotatable bonds is 5. The minimum atomic E-state index is 0.489. The van der Waals surface area contributed by atoms with E-state index in [2.05, 4.69) is 69.9 Å². The van der Waals surface area contributed by atoms with Gasteiger partial charge in [0.2, 0.25) is 0 Å². The quantitative estimate of drug-likeness (QED) is 0.439. The number of allylic oxidation sites excluding steroid dienone is 3. The van der Waals surface area contributed by atoms with Gasteiger partial charge in [-0.25, -0.2) is 4.98 Å². The Morgan fingerprint density at radius 1 is 1.33 bits per heavy atom. The molecule has 1 aliphatic heterocycles. The largest absolute Gasteiger partial charge is 0.368 e. The van der Waals surface area contributed by atoms with Gasteiger partial charge in [-0.05, 0) is 47.0 Å². The van der Waals surface area contributed by atoms with Crippen LogP contribution in [0.3, 0.4) is 0 Å². The van der Waals surface area contributed by atoms with E-state index in [0.717, 1.165) is 54.3 Å². The number of nitrogens with zero attached hydrogens (tertiary/aromatic N) is 4. The first-order valence-electron chi connectivity index (χ1n) is 7.98. The Kier molecular flexibility index (Phi) is 6.36. The SMILES string of the molecule is C=C/C=C(\C(=C)C#N)N1CCN(Cc2nc(Br)c(C)cc2C)CC1. The predicted molar refractivity (Wildman–Crippen MR) is 101 cm³/mol. The lowest BCUT2D eigenvalue weighted by Gasteiger charge is -2.37. The highest BCUT2D eigenvalue weighted by Gasteiger charge is 2.21. The van der Waals surface area contributed by atoms with E-state index < -0.39 is 0 Å². The molecule has 0 atom stereocenters. The topological polar surface area (TPSA) is 43.2 Å². The number of pyridine rings is 1. The first-order chi connectivity index (χ1) is 11.5. The lowest BCUT2D eigenvalue weighted by Crippen LogP contribution is -2.45. The van der Waals surface area contributed by atoms with Crippen LogP contribution in [0.15, 0.2) is 47.2 Å². The molecule has 126 valence electrons. The van der Waals surface area contributed by atoms with Gasteiger partial charge >= 0.3 is 0 Å². The van der Waals surface area contributed by atoms with Crippen molar-refractivity contribution in [1.82, 2.24) is 14.8 Å². The summed E-state index contributed by atoms with van der Waals surface area (Å²) in [6.45, 7) is 16.2. The van der Waals surface area contributed by atoms with E-state index in [4.69, 9.17) is 5.26 Å². The molecule has 1 aromatic heterocycles. The molecular formula is C19H23BrN4. The number of hydrogen-bond acceptors (Lipinski definition) is 4. The summed E-state index contributed by atoms with van der Waals surface area (Å²) in [5.41, 5.74) is 4.87. The second kappa shape index (κ2) is 8.27. The molecule has 1 fully saturated rings. The average molecular weight is 387 g/mol. The van der Waals surface area contributed by atoms with E-state index >= 15 is 0 Å². The summed E-state index contributed by atoms with van der Waals surface area (Å²) < 4.78 is 0.920. The molecule has 24 heavy (non-hydrogen) atoms. The van der Waals surface area contributed by atoms with Crippen molar-refractivity contribution in [2.24, 2.45) is 0 Å². The average Bonchev–Trinajstić information content (AvgIpc) is 2.58. The molecule has 0 unspecified atom stereocenters. The van der Waals surface area contributed by atoms with Gasteiger partial charge in [0.1, 0.15) is 10.7 Å². The van der Waals surface area contributed by atoms with Crippen LogP contribution in [0.4, 0.5) is 0 Å². The molecule has 1 aromatic rings. The molecule has 0 spiro atoms. The number of nitriles is 1. The van der Waals surface area contributed by atoms with Crippen molar-refractivity contribution in [1.29, 1.82) is 5.26 Å². The van der Waals surface area contributed by atoms with Crippen molar-refractivity contribution in [3.63, 3.8) is 0 Å². The fraction of sp³-hybridized carbons (Fsp3) is 0.368. The number of piperazine rings is 1. The smallest absolute Gasteiger partial charge is 0.109 e. The summed E-state index contributed by atoms with van der Waals surface area (Å²) >= 11 is 3.52. The fourth-order valence-corrected chi connectivity index (χ4v) is 3.18. The normalized spacial score (nSPS) is 15.9. The Bertz CT molecular complexity index is 707. The third kappa shape index (κ3) is 4.34. The van der Waals surface area contributed by atoms with Gasteiger partial charge in [-0.15, -0.1) is 0 Å². The number of halogens is 1. The van der Waals surface area contributed by atoms with Gasteiger partial charge in [0.25, 0.3) is 0 Å². The first kappa shape index (κ1) is 18.4. The van der Waals surface area contributed by atoms with Crippen LogP contribution in [0.25, 0.3) is 0 Å². The molecule has 0 N–H and O–H groups in total. The molecule has 4 nitrogen and oxygen atoms in total. The number of aromatic nitrogens is 1. The van der Waals surface area contributed by atoms with E-state index in [-0.39, 0.29) is 0 Å². The van der Waals surface area contributed by atoms with Crippen molar-refractivity contribution < 1.29 is 0 Å². The van der Waals surface area contributed by atoms with Crippen molar-refractivity contribution >= 4 is 15.9 Å². The van der Waals surface area contributed by atoms with Crippen LogP contribution in [-0.4, -0.2) is 41.0 Å². The van der Waals surface area contributed by atoms with Crippen molar-refractivity contribution in [3.05, 3.63) is 64.1 Å². The molecule has 0 aliphatic carbocycles. The standard InChI is InChI=1S/C19H23BrN4/c1-5-6-18(16(4)12-21)24-9-7-23(8-10-24)13-17-14(2)11-15(3)19(20)22-17/h5-6,11H,1,4,7-10,13H2,2-3H3/b18-6+. The predicted octanol–water partition coefficient (Wildman–Crippen LogP) is 3.73. The van der Waals surface area contributed by atoms with Gasteiger partial charge < -0.3 is 4.90 Å². The zero-order valence-corrected chi connectivity index (χ0v) is 15.9. The molecule has 2 rings (SSSR count). The Hall–Kier alpha value is -1.90.